The Kier molecular flexibility index (Phi) is 10.3. The Balaban J connectivity index is 1.75. The number of rotatable bonds is 11. The lowest BCUT2D eigenvalue weighted by Gasteiger charge is -2.30. The normalized spacial score (nSPS) is 14.8. The molecule has 0 heterocycles. The highest BCUT2D eigenvalue weighted by atomic mass is 35.5. The second-order valence-electron chi connectivity index (χ2n) is 9.65. The topological polar surface area (TPSA) is 86.8 Å². The molecule has 2 amide bonds. The summed E-state index contributed by atoms with van der Waals surface area (Å²) in [6.07, 6.45) is 5.51. The van der Waals surface area contributed by atoms with Crippen molar-refractivity contribution in [3.8, 4) is 0 Å². The first kappa shape index (κ1) is 29.3. The summed E-state index contributed by atoms with van der Waals surface area (Å²) < 4.78 is 26.2. The predicted octanol–water partition coefficient (Wildman–Crippen LogP) is 5.32. The zero-order chi connectivity index (χ0) is 27.2. The summed E-state index contributed by atoms with van der Waals surface area (Å²) in [4.78, 5) is 28.1. The van der Waals surface area contributed by atoms with Crippen LogP contribution in [0.4, 0.5) is 5.69 Å². The summed E-state index contributed by atoms with van der Waals surface area (Å²) in [5, 5.41) is 3.70. The van der Waals surface area contributed by atoms with Gasteiger partial charge in [-0.05, 0) is 62.4 Å². The predicted molar refractivity (Wildman–Crippen MR) is 149 cm³/mol. The molecule has 7 nitrogen and oxygen atoms in total. The standard InChI is InChI=1S/C27H35Cl2N3O4S/c1-19-9-4-5-10-21(19)18-31(20(2)27(34)30-23-11-6-7-12-23)26(33)13-8-16-32(37(3,35)36)25-17-22(28)14-15-24(25)29/h4-5,9-10,14-15,17,20,23H,6-8,11-13,16,18H2,1-3H3,(H,30,34)/t20-/m0/s1. The van der Waals surface area contributed by atoms with Crippen molar-refractivity contribution in [1.82, 2.24) is 10.2 Å². The van der Waals surface area contributed by atoms with E-state index in [1.807, 2.05) is 31.2 Å². The average molecular weight is 569 g/mol. The van der Waals surface area contributed by atoms with Crippen LogP contribution in [-0.4, -0.2) is 50.0 Å². The maximum Gasteiger partial charge on any atom is 0.242 e. The Bertz CT molecular complexity index is 1220. The van der Waals surface area contributed by atoms with Crippen molar-refractivity contribution >= 4 is 50.7 Å². The van der Waals surface area contributed by atoms with Crippen LogP contribution < -0.4 is 9.62 Å². The first-order chi connectivity index (χ1) is 17.5. The highest BCUT2D eigenvalue weighted by Crippen LogP contribution is 2.31. The summed E-state index contributed by atoms with van der Waals surface area (Å²) in [5.41, 5.74) is 2.26. The Labute approximate surface area is 230 Å². The van der Waals surface area contributed by atoms with Gasteiger partial charge in [-0.15, -0.1) is 0 Å². The van der Waals surface area contributed by atoms with E-state index in [0.29, 0.717) is 11.6 Å². The Morgan fingerprint density at radius 3 is 2.43 bits per heavy atom. The monoisotopic (exact) mass is 567 g/mol. The SMILES string of the molecule is Cc1ccccc1CN(C(=O)CCCN(c1cc(Cl)ccc1Cl)S(C)(=O)=O)[C@@H](C)C(=O)NC1CCCC1. The Morgan fingerprint density at radius 1 is 1.11 bits per heavy atom. The van der Waals surface area contributed by atoms with Gasteiger partial charge >= 0.3 is 0 Å². The minimum absolute atomic E-state index is 0.0471. The number of amides is 2. The molecule has 1 saturated carbocycles. The number of aryl methyl sites for hydroxylation is 1. The molecule has 1 aliphatic rings. The zero-order valence-electron chi connectivity index (χ0n) is 21.5. The molecule has 2 aromatic carbocycles. The molecule has 1 N–H and O–H groups in total. The molecule has 0 saturated heterocycles. The number of nitrogens with one attached hydrogen (secondary N) is 1. The first-order valence-corrected chi connectivity index (χ1v) is 15.1. The van der Waals surface area contributed by atoms with Gasteiger partial charge in [-0.25, -0.2) is 8.42 Å². The van der Waals surface area contributed by atoms with Crippen molar-refractivity contribution in [3.05, 3.63) is 63.6 Å². The van der Waals surface area contributed by atoms with Crippen molar-refractivity contribution in [2.24, 2.45) is 0 Å². The first-order valence-electron chi connectivity index (χ1n) is 12.5. The second-order valence-corrected chi connectivity index (χ2v) is 12.4. The van der Waals surface area contributed by atoms with Crippen molar-refractivity contribution < 1.29 is 18.0 Å². The van der Waals surface area contributed by atoms with E-state index < -0.39 is 16.1 Å². The molecule has 0 radical (unpaired) electrons. The van der Waals surface area contributed by atoms with Gasteiger partial charge in [0.1, 0.15) is 6.04 Å². The van der Waals surface area contributed by atoms with Gasteiger partial charge in [0.2, 0.25) is 21.8 Å². The highest BCUT2D eigenvalue weighted by Gasteiger charge is 2.29. The van der Waals surface area contributed by atoms with E-state index in [-0.39, 0.29) is 48.0 Å². The van der Waals surface area contributed by atoms with E-state index in [2.05, 4.69) is 5.32 Å². The quantitative estimate of drug-likeness (QED) is 0.398. The molecule has 1 atom stereocenters. The van der Waals surface area contributed by atoms with Gasteiger partial charge in [0.15, 0.2) is 0 Å². The molecule has 10 heteroatoms. The fourth-order valence-corrected chi connectivity index (χ4v) is 6.01. The van der Waals surface area contributed by atoms with E-state index in [1.165, 1.54) is 12.1 Å². The molecule has 3 rings (SSSR count). The van der Waals surface area contributed by atoms with Crippen LogP contribution in [0.1, 0.15) is 56.6 Å². The summed E-state index contributed by atoms with van der Waals surface area (Å²) in [5.74, 6) is -0.389. The largest absolute Gasteiger partial charge is 0.352 e. The third kappa shape index (κ3) is 8.09. The van der Waals surface area contributed by atoms with E-state index in [4.69, 9.17) is 23.2 Å². The van der Waals surface area contributed by atoms with Crippen LogP contribution in [0.3, 0.4) is 0 Å². The lowest BCUT2D eigenvalue weighted by Crippen LogP contribution is -2.49. The third-order valence-electron chi connectivity index (χ3n) is 6.80. The lowest BCUT2D eigenvalue weighted by atomic mass is 10.1. The van der Waals surface area contributed by atoms with Crippen LogP contribution in [0.5, 0.6) is 0 Å². The zero-order valence-corrected chi connectivity index (χ0v) is 23.9. The molecule has 0 bridgehead atoms. The number of carbonyl (C=O) groups is 2. The van der Waals surface area contributed by atoms with Crippen molar-refractivity contribution in [2.45, 2.75) is 71.0 Å². The molecule has 2 aromatic rings. The third-order valence-corrected chi connectivity index (χ3v) is 8.53. The lowest BCUT2D eigenvalue weighted by molar-refractivity contribution is -0.141. The maximum atomic E-state index is 13.5. The number of benzene rings is 2. The van der Waals surface area contributed by atoms with Gasteiger partial charge < -0.3 is 10.2 Å². The molecule has 0 aromatic heterocycles. The average Bonchev–Trinajstić information content (AvgIpc) is 3.34. The van der Waals surface area contributed by atoms with Crippen LogP contribution in [0.15, 0.2) is 42.5 Å². The van der Waals surface area contributed by atoms with Crippen molar-refractivity contribution in [3.63, 3.8) is 0 Å². The summed E-state index contributed by atoms with van der Waals surface area (Å²) >= 11 is 12.3. The molecule has 202 valence electrons. The summed E-state index contributed by atoms with van der Waals surface area (Å²) in [6, 6.07) is 11.9. The van der Waals surface area contributed by atoms with Crippen LogP contribution >= 0.6 is 23.2 Å². The molecular formula is C27H35Cl2N3O4S. The fraction of sp³-hybridized carbons (Fsp3) is 0.481. The van der Waals surface area contributed by atoms with Gasteiger partial charge in [0.05, 0.1) is 17.0 Å². The fourth-order valence-electron chi connectivity index (χ4n) is 4.60. The molecule has 1 aliphatic carbocycles. The second kappa shape index (κ2) is 13.0. The van der Waals surface area contributed by atoms with E-state index in [9.17, 15) is 18.0 Å². The number of sulfonamides is 1. The highest BCUT2D eigenvalue weighted by molar-refractivity contribution is 7.92. The Hall–Kier alpha value is -2.29. The number of carbonyl (C=O) groups excluding carboxylic acids is 2. The van der Waals surface area contributed by atoms with Gasteiger partial charge in [-0.1, -0.05) is 60.3 Å². The summed E-state index contributed by atoms with van der Waals surface area (Å²) in [6.45, 7) is 4.06. The molecule has 1 fully saturated rings. The smallest absolute Gasteiger partial charge is 0.242 e. The number of nitrogens with zero attached hydrogens (tertiary/aromatic N) is 2. The number of anilines is 1. The van der Waals surface area contributed by atoms with Gasteiger partial charge in [0, 0.05) is 30.6 Å². The maximum absolute atomic E-state index is 13.5. The molecule has 37 heavy (non-hydrogen) atoms. The van der Waals surface area contributed by atoms with Crippen LogP contribution in [-0.2, 0) is 26.2 Å². The molecule has 0 aliphatic heterocycles. The van der Waals surface area contributed by atoms with E-state index in [0.717, 1.165) is 47.4 Å². The van der Waals surface area contributed by atoms with Crippen molar-refractivity contribution in [1.29, 1.82) is 0 Å². The van der Waals surface area contributed by atoms with Crippen LogP contribution in [0, 0.1) is 6.92 Å². The van der Waals surface area contributed by atoms with E-state index in [1.54, 1.807) is 17.9 Å². The molecule has 0 spiro atoms. The van der Waals surface area contributed by atoms with Gasteiger partial charge in [0.25, 0.3) is 0 Å². The minimum Gasteiger partial charge on any atom is -0.352 e. The van der Waals surface area contributed by atoms with Crippen molar-refractivity contribution in [2.75, 3.05) is 17.1 Å². The minimum atomic E-state index is -3.67. The molecule has 0 unspecified atom stereocenters. The van der Waals surface area contributed by atoms with E-state index >= 15 is 0 Å². The van der Waals surface area contributed by atoms with Crippen LogP contribution in [0.25, 0.3) is 0 Å². The molecular weight excluding hydrogens is 533 g/mol. The number of halogens is 2. The summed E-state index contributed by atoms with van der Waals surface area (Å²) in [7, 11) is -3.67. The van der Waals surface area contributed by atoms with Gasteiger partial charge in [-0.3, -0.25) is 13.9 Å². The van der Waals surface area contributed by atoms with Gasteiger partial charge in [-0.2, -0.15) is 0 Å². The number of hydrogen-bond acceptors (Lipinski definition) is 4. The van der Waals surface area contributed by atoms with Crippen LogP contribution in [0.2, 0.25) is 10.0 Å². The number of hydrogen-bond donors (Lipinski definition) is 1. The Morgan fingerprint density at radius 2 is 1.78 bits per heavy atom.